The number of methoxy groups -OCH3 is 3. The van der Waals surface area contributed by atoms with Gasteiger partial charge in [0.05, 0.1) is 43.7 Å². The van der Waals surface area contributed by atoms with Crippen molar-refractivity contribution in [1.29, 1.82) is 0 Å². The lowest BCUT2D eigenvalue weighted by molar-refractivity contribution is -0.139. The van der Waals surface area contributed by atoms with Gasteiger partial charge in [-0.2, -0.15) is 0 Å². The molecule has 0 spiro atoms. The van der Waals surface area contributed by atoms with Crippen molar-refractivity contribution in [3.63, 3.8) is 0 Å². The molecule has 0 bridgehead atoms. The lowest BCUT2D eigenvalue weighted by Crippen LogP contribution is -2.29. The summed E-state index contributed by atoms with van der Waals surface area (Å²) in [5.41, 5.74) is 0.926. The van der Waals surface area contributed by atoms with Crippen LogP contribution in [-0.2, 0) is 28.6 Å². The predicted molar refractivity (Wildman–Crippen MR) is 117 cm³/mol. The molecule has 2 aliphatic rings. The van der Waals surface area contributed by atoms with Crippen molar-refractivity contribution < 1.29 is 28.6 Å². The van der Waals surface area contributed by atoms with Crippen LogP contribution >= 0.6 is 0 Å². The minimum atomic E-state index is -0.666. The second-order valence-corrected chi connectivity index (χ2v) is 7.83. The third kappa shape index (κ3) is 6.71. The molecule has 1 aliphatic carbocycles. The van der Waals surface area contributed by atoms with Crippen LogP contribution in [-0.4, -0.2) is 57.2 Å². The van der Waals surface area contributed by atoms with Gasteiger partial charge in [-0.1, -0.05) is 37.8 Å². The van der Waals surface area contributed by atoms with E-state index in [0.717, 1.165) is 51.4 Å². The van der Waals surface area contributed by atoms with Gasteiger partial charge >= 0.3 is 17.9 Å². The zero-order valence-electron chi connectivity index (χ0n) is 19.0. The molecule has 2 rings (SSSR count). The number of rotatable bonds is 4. The molecule has 31 heavy (non-hydrogen) atoms. The quantitative estimate of drug-likeness (QED) is 0.492. The molecule has 7 nitrogen and oxygen atoms in total. The van der Waals surface area contributed by atoms with E-state index >= 15 is 0 Å². The van der Waals surface area contributed by atoms with Crippen LogP contribution in [0.4, 0.5) is 0 Å². The number of ether oxygens (including phenoxy) is 3. The Bertz CT molecular complexity index is 743. The molecular formula is C24H35NO6. The monoisotopic (exact) mass is 433 g/mol. The van der Waals surface area contributed by atoms with Gasteiger partial charge in [0.2, 0.25) is 0 Å². The van der Waals surface area contributed by atoms with Crippen molar-refractivity contribution in [3.05, 3.63) is 34.6 Å². The van der Waals surface area contributed by atoms with E-state index in [-0.39, 0.29) is 11.1 Å². The molecule has 0 aromatic rings. The summed E-state index contributed by atoms with van der Waals surface area (Å²) in [6.07, 6.45) is 13.0. The molecule has 7 heteroatoms. The molecule has 0 aromatic heterocycles. The van der Waals surface area contributed by atoms with Gasteiger partial charge in [0.25, 0.3) is 0 Å². The average Bonchev–Trinajstić information content (AvgIpc) is 3.32. The summed E-state index contributed by atoms with van der Waals surface area (Å²) in [7, 11) is 3.89. The van der Waals surface area contributed by atoms with Crippen LogP contribution in [0.3, 0.4) is 0 Å². The zero-order valence-corrected chi connectivity index (χ0v) is 19.0. The molecule has 0 aromatic carbocycles. The maximum Gasteiger partial charge on any atom is 0.340 e. The van der Waals surface area contributed by atoms with Gasteiger partial charge in [-0.15, -0.1) is 0 Å². The lowest BCUT2D eigenvalue weighted by Gasteiger charge is -2.26. The highest BCUT2D eigenvalue weighted by Crippen LogP contribution is 2.31. The number of hydrogen-bond acceptors (Lipinski definition) is 7. The Balaban J connectivity index is 2.78. The molecule has 0 unspecified atom stereocenters. The van der Waals surface area contributed by atoms with Gasteiger partial charge in [-0.05, 0) is 38.5 Å². The van der Waals surface area contributed by atoms with Crippen molar-refractivity contribution >= 4 is 17.9 Å². The minimum Gasteiger partial charge on any atom is -0.465 e. The van der Waals surface area contributed by atoms with Crippen LogP contribution in [0.1, 0.15) is 64.2 Å². The fourth-order valence-electron chi connectivity index (χ4n) is 4.11. The van der Waals surface area contributed by atoms with E-state index in [1.165, 1.54) is 21.3 Å². The van der Waals surface area contributed by atoms with Crippen LogP contribution in [0.25, 0.3) is 0 Å². The number of esters is 3. The van der Waals surface area contributed by atoms with E-state index in [2.05, 4.69) is 0 Å². The first-order valence-electron chi connectivity index (χ1n) is 11.2. The number of carbonyl (C=O) groups excluding carboxylic acids is 3. The fraction of sp³-hybridized carbons (Fsp3) is 0.625. The molecule has 1 heterocycles. The smallest absolute Gasteiger partial charge is 0.340 e. The molecule has 1 fully saturated rings. The Labute approximate surface area is 185 Å². The van der Waals surface area contributed by atoms with E-state index in [0.29, 0.717) is 37.2 Å². The van der Waals surface area contributed by atoms with Crippen molar-refractivity contribution in [2.45, 2.75) is 64.2 Å². The third-order valence-electron chi connectivity index (χ3n) is 5.74. The standard InChI is InChI=1S/C24H35NO6/c1-29-22(26)18-14-10-8-6-4-5-7-9-11-15-19(23(27)30-2)21(20(18)24(28)31-3)25-16-12-13-17-25/h14-15H,4-13,16-17H2,1-3H3/b18-14-,19-15?,21-20-. The normalized spacial score (nSPS) is 23.1. The van der Waals surface area contributed by atoms with Gasteiger partial charge in [0, 0.05) is 13.1 Å². The summed E-state index contributed by atoms with van der Waals surface area (Å²) in [4.78, 5) is 40.6. The fourth-order valence-corrected chi connectivity index (χ4v) is 4.11. The first kappa shape index (κ1) is 24.7. The first-order valence-corrected chi connectivity index (χ1v) is 11.2. The van der Waals surface area contributed by atoms with Crippen LogP contribution in [0, 0.1) is 0 Å². The number of carbonyl (C=O) groups is 3. The molecule has 0 radical (unpaired) electrons. The number of allylic oxidation sites excluding steroid dienone is 2. The van der Waals surface area contributed by atoms with E-state index in [1.54, 1.807) is 6.08 Å². The molecule has 0 saturated carbocycles. The van der Waals surface area contributed by atoms with E-state index in [1.807, 2.05) is 11.0 Å². The van der Waals surface area contributed by atoms with Crippen molar-refractivity contribution in [1.82, 2.24) is 4.90 Å². The lowest BCUT2D eigenvalue weighted by atomic mass is 9.95. The Morgan fingerprint density at radius 1 is 0.645 bits per heavy atom. The van der Waals surface area contributed by atoms with Gasteiger partial charge in [0.1, 0.15) is 0 Å². The highest BCUT2D eigenvalue weighted by Gasteiger charge is 2.34. The van der Waals surface area contributed by atoms with Crippen molar-refractivity contribution in [2.24, 2.45) is 0 Å². The molecule has 1 aliphatic heterocycles. The third-order valence-corrected chi connectivity index (χ3v) is 5.74. The Hall–Kier alpha value is -2.57. The Morgan fingerprint density at radius 2 is 1.10 bits per heavy atom. The van der Waals surface area contributed by atoms with Crippen LogP contribution in [0.15, 0.2) is 34.6 Å². The van der Waals surface area contributed by atoms with Crippen molar-refractivity contribution in [2.75, 3.05) is 34.4 Å². The van der Waals surface area contributed by atoms with Gasteiger partial charge in [-0.25, -0.2) is 14.4 Å². The number of likely N-dealkylation sites (tertiary alicyclic amines) is 1. The summed E-state index contributed by atoms with van der Waals surface area (Å²) >= 11 is 0. The zero-order chi connectivity index (χ0) is 22.6. The number of nitrogens with zero attached hydrogens (tertiary/aromatic N) is 1. The number of hydrogen-bond donors (Lipinski definition) is 0. The van der Waals surface area contributed by atoms with Gasteiger partial charge < -0.3 is 19.1 Å². The van der Waals surface area contributed by atoms with Crippen LogP contribution in [0.2, 0.25) is 0 Å². The second-order valence-electron chi connectivity index (χ2n) is 7.83. The molecule has 1 saturated heterocycles. The molecule has 0 N–H and O–H groups in total. The first-order chi connectivity index (χ1) is 15.0. The van der Waals surface area contributed by atoms with Crippen LogP contribution in [0.5, 0.6) is 0 Å². The van der Waals surface area contributed by atoms with Crippen molar-refractivity contribution in [3.8, 4) is 0 Å². The summed E-state index contributed by atoms with van der Waals surface area (Å²) in [5, 5.41) is 0. The maximum atomic E-state index is 13.0. The Kier molecular flexibility index (Phi) is 10.3. The molecular weight excluding hydrogens is 398 g/mol. The maximum absolute atomic E-state index is 13.0. The highest BCUT2D eigenvalue weighted by molar-refractivity contribution is 6.09. The molecule has 0 amide bonds. The van der Waals surface area contributed by atoms with E-state index < -0.39 is 17.9 Å². The Morgan fingerprint density at radius 3 is 1.61 bits per heavy atom. The molecule has 0 atom stereocenters. The summed E-state index contributed by atoms with van der Waals surface area (Å²) in [6.45, 7) is 1.36. The van der Waals surface area contributed by atoms with Gasteiger partial charge in [-0.3, -0.25) is 0 Å². The minimum absolute atomic E-state index is 0.0740. The SMILES string of the molecule is COC(=O)C1=CCCCCCCCC/C=C(C(=O)OC)/C(C(=O)OC)=C\1N1CCCC1. The molecule has 172 valence electrons. The average molecular weight is 434 g/mol. The topological polar surface area (TPSA) is 82.1 Å². The predicted octanol–water partition coefficient (Wildman–Crippen LogP) is 3.84. The summed E-state index contributed by atoms with van der Waals surface area (Å²) in [6, 6.07) is 0. The highest BCUT2D eigenvalue weighted by atomic mass is 16.5. The summed E-state index contributed by atoms with van der Waals surface area (Å²) in [5.74, 6) is -1.81. The van der Waals surface area contributed by atoms with E-state index in [9.17, 15) is 14.4 Å². The summed E-state index contributed by atoms with van der Waals surface area (Å²) < 4.78 is 15.2. The second kappa shape index (κ2) is 13.0. The largest absolute Gasteiger partial charge is 0.465 e. The van der Waals surface area contributed by atoms with Crippen LogP contribution < -0.4 is 0 Å². The van der Waals surface area contributed by atoms with E-state index in [4.69, 9.17) is 14.2 Å². The van der Waals surface area contributed by atoms with Gasteiger partial charge in [0.15, 0.2) is 0 Å².